The first-order chi connectivity index (χ1) is 10.5. The van der Waals surface area contributed by atoms with Gasteiger partial charge in [-0.05, 0) is 26.3 Å². The molecule has 5 heteroatoms. The predicted molar refractivity (Wildman–Crippen MR) is 80.3 cm³/mol. The minimum absolute atomic E-state index is 0.216. The van der Waals surface area contributed by atoms with Crippen LogP contribution in [0.3, 0.4) is 0 Å². The van der Waals surface area contributed by atoms with Crippen molar-refractivity contribution < 1.29 is 24.1 Å². The molecule has 5 atom stereocenters. The van der Waals surface area contributed by atoms with E-state index in [4.69, 9.17) is 18.9 Å². The summed E-state index contributed by atoms with van der Waals surface area (Å²) in [5.74, 6) is -0.695. The molecule has 1 N–H and O–H groups in total. The lowest BCUT2D eigenvalue weighted by molar-refractivity contribution is -0.361. The fourth-order valence-electron chi connectivity index (χ4n) is 2.99. The summed E-state index contributed by atoms with van der Waals surface area (Å²) in [6, 6.07) is 9.91. The molecular weight excluding hydrogens is 284 g/mol. The van der Waals surface area contributed by atoms with E-state index in [1.807, 2.05) is 51.1 Å². The van der Waals surface area contributed by atoms with Crippen LogP contribution in [0.2, 0.25) is 0 Å². The highest BCUT2D eigenvalue weighted by Crippen LogP contribution is 2.33. The number of benzene rings is 1. The van der Waals surface area contributed by atoms with Gasteiger partial charge in [0, 0.05) is 0 Å². The molecule has 22 heavy (non-hydrogen) atoms. The average molecular weight is 308 g/mol. The molecule has 0 amide bonds. The molecule has 5 nitrogen and oxygen atoms in total. The Morgan fingerprint density at radius 2 is 2.00 bits per heavy atom. The largest absolute Gasteiger partial charge is 0.388 e. The minimum atomic E-state index is -0.723. The molecule has 0 aliphatic carbocycles. The van der Waals surface area contributed by atoms with Crippen LogP contribution in [-0.2, 0) is 25.6 Å². The van der Waals surface area contributed by atoms with Crippen molar-refractivity contribution in [2.45, 2.75) is 63.7 Å². The molecule has 1 aromatic rings. The number of rotatable bonds is 3. The molecule has 122 valence electrons. The fourth-order valence-corrected chi connectivity index (χ4v) is 2.99. The van der Waals surface area contributed by atoms with Crippen LogP contribution in [0.25, 0.3) is 0 Å². The van der Waals surface area contributed by atoms with Gasteiger partial charge in [0.15, 0.2) is 5.79 Å². The second-order valence-corrected chi connectivity index (χ2v) is 6.42. The first kappa shape index (κ1) is 15.9. The van der Waals surface area contributed by atoms with Crippen LogP contribution in [0.1, 0.15) is 26.3 Å². The molecule has 1 aromatic carbocycles. The van der Waals surface area contributed by atoms with Crippen LogP contribution in [-0.4, -0.2) is 48.0 Å². The molecule has 2 fully saturated rings. The SMILES string of the molecule is C[C@@H]1OC2COC(C)(C)O[C@@H]2[C@@H](OCc2ccccc2)C1O. The quantitative estimate of drug-likeness (QED) is 0.924. The summed E-state index contributed by atoms with van der Waals surface area (Å²) < 4.78 is 23.4. The summed E-state index contributed by atoms with van der Waals surface area (Å²) in [6.07, 6.45) is -2.02. The van der Waals surface area contributed by atoms with Gasteiger partial charge < -0.3 is 24.1 Å². The summed E-state index contributed by atoms with van der Waals surface area (Å²) in [6.45, 7) is 6.45. The van der Waals surface area contributed by atoms with Crippen molar-refractivity contribution in [1.82, 2.24) is 0 Å². The maximum Gasteiger partial charge on any atom is 0.163 e. The van der Waals surface area contributed by atoms with Crippen molar-refractivity contribution in [3.05, 3.63) is 35.9 Å². The number of aliphatic hydroxyl groups is 1. The van der Waals surface area contributed by atoms with E-state index < -0.39 is 18.0 Å². The molecule has 0 bridgehead atoms. The van der Waals surface area contributed by atoms with E-state index in [2.05, 4.69) is 0 Å². The van der Waals surface area contributed by atoms with Crippen LogP contribution < -0.4 is 0 Å². The maximum absolute atomic E-state index is 10.5. The number of aliphatic hydroxyl groups excluding tert-OH is 1. The molecule has 0 spiro atoms. The summed E-state index contributed by atoms with van der Waals surface area (Å²) in [4.78, 5) is 0. The van der Waals surface area contributed by atoms with Gasteiger partial charge in [-0.2, -0.15) is 0 Å². The van der Waals surface area contributed by atoms with Crippen molar-refractivity contribution in [2.75, 3.05) is 6.61 Å². The molecule has 3 rings (SSSR count). The Labute approximate surface area is 131 Å². The molecule has 0 saturated carbocycles. The monoisotopic (exact) mass is 308 g/mol. The zero-order valence-corrected chi connectivity index (χ0v) is 13.3. The highest BCUT2D eigenvalue weighted by molar-refractivity contribution is 5.13. The van der Waals surface area contributed by atoms with Gasteiger partial charge in [0.2, 0.25) is 0 Å². The zero-order chi connectivity index (χ0) is 15.7. The second-order valence-electron chi connectivity index (χ2n) is 6.42. The summed E-state index contributed by atoms with van der Waals surface area (Å²) in [5, 5.41) is 10.5. The molecule has 2 saturated heterocycles. The number of ether oxygens (including phenoxy) is 4. The number of hydrogen-bond donors (Lipinski definition) is 1. The Kier molecular flexibility index (Phi) is 4.52. The summed E-state index contributed by atoms with van der Waals surface area (Å²) in [7, 11) is 0. The second kappa shape index (κ2) is 6.26. The van der Waals surface area contributed by atoms with Crippen molar-refractivity contribution in [3.63, 3.8) is 0 Å². The molecule has 2 aliphatic rings. The average Bonchev–Trinajstić information content (AvgIpc) is 2.49. The smallest absolute Gasteiger partial charge is 0.163 e. The summed E-state index contributed by atoms with van der Waals surface area (Å²) in [5.41, 5.74) is 1.07. The van der Waals surface area contributed by atoms with Gasteiger partial charge >= 0.3 is 0 Å². The molecule has 0 aromatic heterocycles. The normalized spacial score (nSPS) is 37.5. The van der Waals surface area contributed by atoms with Gasteiger partial charge in [-0.3, -0.25) is 0 Å². The van der Waals surface area contributed by atoms with Crippen molar-refractivity contribution >= 4 is 0 Å². The Morgan fingerprint density at radius 1 is 1.27 bits per heavy atom. The zero-order valence-electron chi connectivity index (χ0n) is 13.3. The van der Waals surface area contributed by atoms with E-state index in [9.17, 15) is 5.11 Å². The highest BCUT2D eigenvalue weighted by atomic mass is 16.7. The van der Waals surface area contributed by atoms with Gasteiger partial charge in [-0.1, -0.05) is 30.3 Å². The van der Waals surface area contributed by atoms with Gasteiger partial charge in [-0.25, -0.2) is 0 Å². The third-order valence-electron chi connectivity index (χ3n) is 4.20. The molecule has 2 aliphatic heterocycles. The van der Waals surface area contributed by atoms with E-state index in [0.717, 1.165) is 5.56 Å². The minimum Gasteiger partial charge on any atom is -0.388 e. The van der Waals surface area contributed by atoms with Gasteiger partial charge in [0.25, 0.3) is 0 Å². The lowest BCUT2D eigenvalue weighted by atomic mass is 9.94. The topological polar surface area (TPSA) is 57.2 Å². The predicted octanol–water partition coefficient (Wildman–Crippen LogP) is 1.87. The van der Waals surface area contributed by atoms with E-state index >= 15 is 0 Å². The third kappa shape index (κ3) is 3.34. The lowest BCUT2D eigenvalue weighted by Gasteiger charge is -2.49. The van der Waals surface area contributed by atoms with Crippen LogP contribution >= 0.6 is 0 Å². The maximum atomic E-state index is 10.5. The van der Waals surface area contributed by atoms with E-state index in [0.29, 0.717) is 13.2 Å². The number of fused-ring (bicyclic) bond motifs is 1. The van der Waals surface area contributed by atoms with Gasteiger partial charge in [0.1, 0.15) is 24.4 Å². The Morgan fingerprint density at radius 3 is 2.73 bits per heavy atom. The molecule has 2 unspecified atom stereocenters. The Hall–Kier alpha value is -0.980. The van der Waals surface area contributed by atoms with Crippen LogP contribution in [0.4, 0.5) is 0 Å². The van der Waals surface area contributed by atoms with Crippen LogP contribution in [0, 0.1) is 0 Å². The van der Waals surface area contributed by atoms with Gasteiger partial charge in [0.05, 0.1) is 19.3 Å². The molecule has 2 heterocycles. The Balaban J connectivity index is 1.73. The summed E-state index contributed by atoms with van der Waals surface area (Å²) >= 11 is 0. The standard InChI is InChI=1S/C17H24O5/c1-11-14(18)16(19-9-12-7-5-4-6-8-12)15-13(21-11)10-20-17(2,3)22-15/h4-8,11,13-16,18H,9-10H2,1-3H3/t11-,13?,14?,15-,16-/m0/s1. The third-order valence-corrected chi connectivity index (χ3v) is 4.20. The first-order valence-corrected chi connectivity index (χ1v) is 7.77. The Bertz CT molecular complexity index is 489. The molecular formula is C17H24O5. The van der Waals surface area contributed by atoms with Crippen molar-refractivity contribution in [3.8, 4) is 0 Å². The van der Waals surface area contributed by atoms with Crippen molar-refractivity contribution in [1.29, 1.82) is 0 Å². The van der Waals surface area contributed by atoms with Gasteiger partial charge in [-0.15, -0.1) is 0 Å². The van der Waals surface area contributed by atoms with Crippen LogP contribution in [0.15, 0.2) is 30.3 Å². The van der Waals surface area contributed by atoms with E-state index in [-0.39, 0.29) is 18.3 Å². The highest BCUT2D eigenvalue weighted by Gasteiger charge is 2.50. The fraction of sp³-hybridized carbons (Fsp3) is 0.647. The number of hydrogen-bond acceptors (Lipinski definition) is 5. The lowest BCUT2D eigenvalue weighted by Crippen LogP contribution is -2.64. The first-order valence-electron chi connectivity index (χ1n) is 7.77. The van der Waals surface area contributed by atoms with Crippen LogP contribution in [0.5, 0.6) is 0 Å². The van der Waals surface area contributed by atoms with Crippen molar-refractivity contribution in [2.24, 2.45) is 0 Å². The molecule has 0 radical (unpaired) electrons. The van der Waals surface area contributed by atoms with E-state index in [1.54, 1.807) is 0 Å². The van der Waals surface area contributed by atoms with E-state index in [1.165, 1.54) is 0 Å².